The fourth-order valence-electron chi connectivity index (χ4n) is 5.35. The number of carbonyl (C=O) groups excluding carboxylic acids is 1. The maximum atomic E-state index is 12.3. The van der Waals surface area contributed by atoms with Gasteiger partial charge >= 0.3 is 6.09 Å². The number of nitrogens with zero attached hydrogens (tertiary/aromatic N) is 4. The summed E-state index contributed by atoms with van der Waals surface area (Å²) >= 11 is 6.50. The van der Waals surface area contributed by atoms with Crippen molar-refractivity contribution in [1.29, 1.82) is 0 Å². The molecule has 0 aliphatic carbocycles. The number of piperidine rings is 1. The number of fused-ring (bicyclic) bond motifs is 1. The molecule has 3 heterocycles. The van der Waals surface area contributed by atoms with Gasteiger partial charge in [-0.1, -0.05) is 48.0 Å². The number of nitrogens with one attached hydrogen (secondary N) is 3. The van der Waals surface area contributed by atoms with E-state index >= 15 is 0 Å². The highest BCUT2D eigenvalue weighted by Gasteiger charge is 2.25. The Labute approximate surface area is 262 Å². The second-order valence-electron chi connectivity index (χ2n) is 12.0. The lowest BCUT2D eigenvalue weighted by Gasteiger charge is -2.32. The number of hydrogen-bond donors (Lipinski definition) is 4. The van der Waals surface area contributed by atoms with Crippen LogP contribution in [0.4, 0.5) is 16.4 Å². The molecule has 4 N–H and O–H groups in total. The molecule has 4 aromatic rings. The van der Waals surface area contributed by atoms with Gasteiger partial charge in [0.05, 0.1) is 16.9 Å². The number of aromatic nitrogens is 3. The average Bonchev–Trinajstić information content (AvgIpc) is 3.41. The predicted octanol–water partition coefficient (Wildman–Crippen LogP) is 6.63. The first kappa shape index (κ1) is 31.0. The molecule has 44 heavy (non-hydrogen) atoms. The first-order valence-corrected chi connectivity index (χ1v) is 15.1. The van der Waals surface area contributed by atoms with Gasteiger partial charge in [0, 0.05) is 72.2 Å². The van der Waals surface area contributed by atoms with Crippen molar-refractivity contribution < 1.29 is 14.7 Å². The molecule has 1 saturated heterocycles. The monoisotopic (exact) mass is 615 g/mol. The largest absolute Gasteiger partial charge is 0.465 e. The van der Waals surface area contributed by atoms with Crippen molar-refractivity contribution in [3.63, 3.8) is 0 Å². The molecule has 2 aromatic heterocycles. The summed E-state index contributed by atoms with van der Waals surface area (Å²) in [4.78, 5) is 40.0. The van der Waals surface area contributed by atoms with Gasteiger partial charge in [-0.25, -0.2) is 14.8 Å². The zero-order valence-corrected chi connectivity index (χ0v) is 25.9. The molecule has 0 saturated carbocycles. The average molecular weight is 616 g/mol. The quantitative estimate of drug-likeness (QED) is 0.156. The van der Waals surface area contributed by atoms with Crippen molar-refractivity contribution in [2.45, 2.75) is 51.7 Å². The number of benzene rings is 2. The van der Waals surface area contributed by atoms with E-state index < -0.39 is 11.6 Å². The molecule has 10 nitrogen and oxygen atoms in total. The van der Waals surface area contributed by atoms with Gasteiger partial charge in [0.2, 0.25) is 11.9 Å². The standard InChI is InChI=1S/C33H38ClN7O3/c1-33(2,3)41(32(43)44)16-6-9-29(42)37-23-12-10-22(11-13-23)21-40-17-14-24(15-18-40)38-31-36-20-27(34)30(39-31)26-19-35-28-8-5-4-7-25(26)28/h4-13,19-20,24,35H,14-18,21H2,1-3H3,(H,37,42)(H,43,44)(H,36,38,39)/b9-6+. The van der Waals surface area contributed by atoms with Gasteiger partial charge in [-0.15, -0.1) is 0 Å². The Morgan fingerprint density at radius 1 is 1.14 bits per heavy atom. The van der Waals surface area contributed by atoms with Crippen molar-refractivity contribution in [3.05, 3.63) is 83.7 Å². The highest BCUT2D eigenvalue weighted by atomic mass is 35.5. The Morgan fingerprint density at radius 3 is 2.57 bits per heavy atom. The smallest absolute Gasteiger partial charge is 0.408 e. The van der Waals surface area contributed by atoms with E-state index in [2.05, 4.69) is 31.6 Å². The fourth-order valence-corrected chi connectivity index (χ4v) is 5.54. The molecular formula is C33H38ClN7O3. The van der Waals surface area contributed by atoms with Crippen molar-refractivity contribution in [2.75, 3.05) is 30.3 Å². The Bertz CT molecular complexity index is 1640. The SMILES string of the molecule is CC(C)(C)N(C/C=C/C(=O)Nc1ccc(CN2CCC(Nc3ncc(Cl)c(-c4c[nH]c5ccccc45)n3)CC2)cc1)C(=O)O. The van der Waals surface area contributed by atoms with Crippen LogP contribution in [0.1, 0.15) is 39.2 Å². The van der Waals surface area contributed by atoms with Crippen molar-refractivity contribution >= 4 is 46.1 Å². The third kappa shape index (κ3) is 7.75. The molecule has 5 rings (SSSR count). The second kappa shape index (κ2) is 13.5. The lowest BCUT2D eigenvalue weighted by Crippen LogP contribution is -2.44. The highest BCUT2D eigenvalue weighted by Crippen LogP contribution is 2.32. The lowest BCUT2D eigenvalue weighted by atomic mass is 10.0. The molecule has 1 aliphatic heterocycles. The van der Waals surface area contributed by atoms with Crippen LogP contribution in [0, 0.1) is 0 Å². The summed E-state index contributed by atoms with van der Waals surface area (Å²) in [6.45, 7) is 8.27. The number of aromatic amines is 1. The first-order chi connectivity index (χ1) is 21.1. The maximum absolute atomic E-state index is 12.3. The van der Waals surface area contributed by atoms with Crippen LogP contribution in [-0.4, -0.2) is 73.1 Å². The number of amides is 2. The number of anilines is 2. The van der Waals surface area contributed by atoms with E-state index in [-0.39, 0.29) is 18.5 Å². The van der Waals surface area contributed by atoms with Crippen LogP contribution >= 0.6 is 11.6 Å². The zero-order chi connectivity index (χ0) is 31.3. The van der Waals surface area contributed by atoms with Crippen molar-refractivity contribution in [3.8, 4) is 11.3 Å². The summed E-state index contributed by atoms with van der Waals surface area (Å²) < 4.78 is 0. The molecule has 1 aliphatic rings. The Kier molecular flexibility index (Phi) is 9.51. The topological polar surface area (TPSA) is 126 Å². The van der Waals surface area contributed by atoms with Gasteiger partial charge in [0.1, 0.15) is 0 Å². The highest BCUT2D eigenvalue weighted by molar-refractivity contribution is 6.33. The molecule has 0 radical (unpaired) electrons. The minimum absolute atomic E-state index is 0.135. The summed E-state index contributed by atoms with van der Waals surface area (Å²) in [7, 11) is 0. The van der Waals surface area contributed by atoms with Crippen LogP contribution in [0.3, 0.4) is 0 Å². The van der Waals surface area contributed by atoms with Crippen LogP contribution < -0.4 is 10.6 Å². The third-order valence-corrected chi connectivity index (χ3v) is 8.01. The van der Waals surface area contributed by atoms with Gasteiger partial charge in [-0.3, -0.25) is 14.6 Å². The van der Waals surface area contributed by atoms with Gasteiger partial charge in [-0.2, -0.15) is 0 Å². The van der Waals surface area contributed by atoms with E-state index in [0.29, 0.717) is 22.4 Å². The van der Waals surface area contributed by atoms with Crippen LogP contribution in [0.15, 0.2) is 73.1 Å². The molecule has 0 atom stereocenters. The number of H-pyrrole nitrogens is 1. The van der Waals surface area contributed by atoms with Crippen LogP contribution in [-0.2, 0) is 11.3 Å². The Balaban J connectivity index is 1.09. The van der Waals surface area contributed by atoms with Crippen molar-refractivity contribution in [2.24, 2.45) is 0 Å². The molecule has 11 heteroatoms. The summed E-state index contributed by atoms with van der Waals surface area (Å²) in [5, 5.41) is 17.3. The summed E-state index contributed by atoms with van der Waals surface area (Å²) in [5.41, 5.74) is 4.00. The van der Waals surface area contributed by atoms with Gasteiger partial charge in [0.15, 0.2) is 0 Å². The summed E-state index contributed by atoms with van der Waals surface area (Å²) in [6, 6.07) is 16.1. The van der Waals surface area contributed by atoms with E-state index in [1.807, 2.05) is 69.4 Å². The number of hydrogen-bond acceptors (Lipinski definition) is 6. The molecule has 2 aromatic carbocycles. The number of likely N-dealkylation sites (tertiary alicyclic amines) is 1. The van der Waals surface area contributed by atoms with Crippen molar-refractivity contribution in [1.82, 2.24) is 24.8 Å². The van der Waals surface area contributed by atoms with Crippen LogP contribution in [0.25, 0.3) is 22.2 Å². The lowest BCUT2D eigenvalue weighted by molar-refractivity contribution is -0.111. The number of rotatable bonds is 9. The molecular weight excluding hydrogens is 578 g/mol. The minimum Gasteiger partial charge on any atom is -0.465 e. The molecule has 230 valence electrons. The van der Waals surface area contributed by atoms with E-state index in [1.54, 1.807) is 12.3 Å². The molecule has 0 bridgehead atoms. The van der Waals surface area contributed by atoms with Crippen LogP contribution in [0.5, 0.6) is 0 Å². The van der Waals surface area contributed by atoms with E-state index in [4.69, 9.17) is 16.6 Å². The van der Waals surface area contributed by atoms with Gasteiger partial charge < -0.3 is 20.7 Å². The minimum atomic E-state index is -1.02. The predicted molar refractivity (Wildman–Crippen MR) is 175 cm³/mol. The summed E-state index contributed by atoms with van der Waals surface area (Å²) in [6.07, 6.45) is 7.42. The second-order valence-corrected chi connectivity index (χ2v) is 12.4. The van der Waals surface area contributed by atoms with Gasteiger partial charge in [0.25, 0.3) is 0 Å². The molecule has 1 fully saturated rings. The van der Waals surface area contributed by atoms with E-state index in [1.165, 1.54) is 11.0 Å². The number of carbonyl (C=O) groups is 2. The molecule has 0 spiro atoms. The third-order valence-electron chi connectivity index (χ3n) is 7.73. The molecule has 2 amide bonds. The first-order valence-electron chi connectivity index (χ1n) is 14.7. The van der Waals surface area contributed by atoms with E-state index in [9.17, 15) is 14.7 Å². The maximum Gasteiger partial charge on any atom is 0.408 e. The Hall–Kier alpha value is -4.41. The summed E-state index contributed by atoms with van der Waals surface area (Å²) in [5.74, 6) is 0.277. The Morgan fingerprint density at radius 2 is 1.86 bits per heavy atom. The zero-order valence-electron chi connectivity index (χ0n) is 25.2. The number of para-hydroxylation sites is 1. The normalized spacial score (nSPS) is 14.6. The number of carboxylic acid groups (broad SMARTS) is 1. The number of halogens is 1. The van der Waals surface area contributed by atoms with E-state index in [0.717, 1.165) is 54.5 Å². The molecule has 0 unspecified atom stereocenters. The van der Waals surface area contributed by atoms with Crippen LogP contribution in [0.2, 0.25) is 5.02 Å². The van der Waals surface area contributed by atoms with Gasteiger partial charge in [-0.05, 0) is 57.4 Å². The fraction of sp³-hybridized carbons (Fsp3) is 0.333.